The lowest BCUT2D eigenvalue weighted by molar-refractivity contribution is 0.454. The Hall–Kier alpha value is -2.71. The highest BCUT2D eigenvalue weighted by Gasteiger charge is 2.02. The third kappa shape index (κ3) is 10.1. The molecule has 6 nitrogen and oxygen atoms in total. The molecule has 2 aromatic heterocycles. The smallest absolute Gasteiger partial charge is 0.537 e. The van der Waals surface area contributed by atoms with Gasteiger partial charge in [0.05, 0.1) is 0 Å². The molecule has 0 atom stereocenters. The van der Waals surface area contributed by atoms with E-state index in [1.165, 1.54) is 0 Å². The Balaban J connectivity index is 0.000000189. The summed E-state index contributed by atoms with van der Waals surface area (Å²) in [4.78, 5) is 16.5. The molecule has 0 aliphatic rings. The van der Waals surface area contributed by atoms with Crippen LogP contribution >= 0.6 is 34.8 Å². The van der Waals surface area contributed by atoms with Gasteiger partial charge in [0.1, 0.15) is 5.75 Å². The van der Waals surface area contributed by atoms with Crippen molar-refractivity contribution in [2.24, 2.45) is 0 Å². The Morgan fingerprint density at radius 1 is 0.647 bits per heavy atom. The summed E-state index contributed by atoms with van der Waals surface area (Å²) in [6.45, 7) is 7.71. The molecule has 1 radical (unpaired) electrons. The molecule has 2 aromatic carbocycles. The molecule has 0 spiro atoms. The van der Waals surface area contributed by atoms with Crippen molar-refractivity contribution in [2.75, 3.05) is 0 Å². The summed E-state index contributed by atoms with van der Waals surface area (Å²) in [6.07, 6.45) is 0. The highest BCUT2D eigenvalue weighted by atomic mass is 35.5. The third-order valence-electron chi connectivity index (χ3n) is 4.04. The minimum Gasteiger partial charge on any atom is -0.537 e. The Bertz CT molecular complexity index is 1120. The Labute approximate surface area is 215 Å². The molecule has 4 aromatic rings. The van der Waals surface area contributed by atoms with Crippen LogP contribution in [0.1, 0.15) is 22.8 Å². The quantitative estimate of drug-likeness (QED) is 0.250. The second-order valence-electron chi connectivity index (χ2n) is 7.08. The predicted octanol–water partition coefficient (Wildman–Crippen LogP) is 6.41. The van der Waals surface area contributed by atoms with E-state index in [2.05, 4.69) is 24.6 Å². The molecule has 1 N–H and O–H groups in total. The largest absolute Gasteiger partial charge is 0.569 e. The van der Waals surface area contributed by atoms with Crippen LogP contribution in [0.2, 0.25) is 15.3 Å². The number of aromatic nitrogens is 4. The number of benzene rings is 2. The van der Waals surface area contributed by atoms with Crippen LogP contribution < -0.4 is 4.65 Å². The number of rotatable bonds is 3. The van der Waals surface area contributed by atoms with Gasteiger partial charge in [-0.1, -0.05) is 23.2 Å². The van der Waals surface area contributed by atoms with Crippen molar-refractivity contribution >= 4 is 42.5 Å². The molecule has 34 heavy (non-hydrogen) atoms. The zero-order chi connectivity index (χ0) is 25.1. The average molecular weight is 517 g/mol. The first kappa shape index (κ1) is 27.5. The second kappa shape index (κ2) is 13.9. The van der Waals surface area contributed by atoms with Gasteiger partial charge in [0.25, 0.3) is 0 Å². The van der Waals surface area contributed by atoms with E-state index in [-0.39, 0.29) is 0 Å². The monoisotopic (exact) mass is 515 g/mol. The lowest BCUT2D eigenvalue weighted by Crippen LogP contribution is -1.98. The minimum absolute atomic E-state index is 0.326. The van der Waals surface area contributed by atoms with E-state index in [1.807, 2.05) is 64.1 Å². The van der Waals surface area contributed by atoms with Gasteiger partial charge >= 0.3 is 7.69 Å². The summed E-state index contributed by atoms with van der Waals surface area (Å²) in [7, 11) is 0.628. The Morgan fingerprint density at radius 3 is 1.47 bits per heavy atom. The van der Waals surface area contributed by atoms with Gasteiger partial charge in [-0.2, -0.15) is 0 Å². The molecule has 0 saturated heterocycles. The van der Waals surface area contributed by atoms with Crippen molar-refractivity contribution < 1.29 is 9.68 Å². The van der Waals surface area contributed by atoms with E-state index in [9.17, 15) is 0 Å². The number of hydrogen-bond donors (Lipinski definition) is 1. The van der Waals surface area contributed by atoms with E-state index in [4.69, 9.17) is 39.8 Å². The fourth-order valence-electron chi connectivity index (χ4n) is 2.71. The minimum atomic E-state index is 0.326. The van der Waals surface area contributed by atoms with Crippen LogP contribution in [-0.2, 0) is 0 Å². The third-order valence-corrected chi connectivity index (χ3v) is 4.72. The Kier molecular flexibility index (Phi) is 11.2. The second-order valence-corrected chi connectivity index (χ2v) is 8.29. The van der Waals surface area contributed by atoms with Crippen LogP contribution in [0.3, 0.4) is 0 Å². The first-order valence-electron chi connectivity index (χ1n) is 10.1. The first-order valence-corrected chi connectivity index (χ1v) is 11.2. The van der Waals surface area contributed by atoms with Crippen molar-refractivity contribution in [2.45, 2.75) is 27.7 Å². The summed E-state index contributed by atoms with van der Waals surface area (Å²) in [6, 6.07) is 18.1. The van der Waals surface area contributed by atoms with Crippen molar-refractivity contribution in [3.63, 3.8) is 0 Å². The molecule has 175 valence electrons. The van der Waals surface area contributed by atoms with Crippen LogP contribution in [0.25, 0.3) is 11.4 Å². The van der Waals surface area contributed by atoms with Crippen LogP contribution in [0.15, 0.2) is 60.7 Å². The summed E-state index contributed by atoms with van der Waals surface area (Å²) in [5.41, 5.74) is 4.77. The first-order chi connectivity index (χ1) is 16.2. The summed E-state index contributed by atoms with van der Waals surface area (Å²) in [5, 5.41) is 9.90. The van der Waals surface area contributed by atoms with E-state index >= 15 is 0 Å². The van der Waals surface area contributed by atoms with Gasteiger partial charge in [-0.15, -0.1) is 0 Å². The van der Waals surface area contributed by atoms with E-state index in [1.54, 1.807) is 24.3 Å². The molecule has 4 rings (SSSR count). The number of nitrogens with zero attached hydrogens (tertiary/aromatic N) is 4. The van der Waals surface area contributed by atoms with E-state index < -0.39 is 0 Å². The van der Waals surface area contributed by atoms with Gasteiger partial charge in [-0.3, -0.25) is 0 Å². The molecule has 0 fully saturated rings. The van der Waals surface area contributed by atoms with E-state index in [0.29, 0.717) is 23.7 Å². The van der Waals surface area contributed by atoms with Crippen LogP contribution in [0, 0.1) is 27.7 Å². The molecule has 0 saturated carbocycles. The van der Waals surface area contributed by atoms with Gasteiger partial charge in [-0.05, 0) is 100.0 Å². The maximum atomic E-state index is 8.21. The summed E-state index contributed by atoms with van der Waals surface area (Å²) >= 11 is 16.9. The standard InChI is InChI=1S/C12H11ClN2.C6H5BClO2.C6H7ClN2/c1-8-7-9(2)15-12(14-8)10-3-5-11(13)6-4-10;8-5-1-3-6(4-2-5)10-7-9;1-4-3-5(2)9-6(7)8-4/h3-7H,1-2H3;1-4,9H;3H,1-2H3. The number of hydrogen-bond acceptors (Lipinski definition) is 6. The Morgan fingerprint density at radius 2 is 1.06 bits per heavy atom. The summed E-state index contributed by atoms with van der Waals surface area (Å²) in [5.74, 6) is 1.32. The average Bonchev–Trinajstić information content (AvgIpc) is 2.75. The molecule has 0 aliphatic carbocycles. The highest BCUT2D eigenvalue weighted by molar-refractivity contribution is 6.31. The number of aryl methyl sites for hydroxylation is 4. The normalized spacial score (nSPS) is 9.76. The fourth-order valence-corrected chi connectivity index (χ4v) is 3.23. The molecular formula is C24H23BCl3N4O2. The predicted molar refractivity (Wildman–Crippen MR) is 139 cm³/mol. The molecule has 0 bridgehead atoms. The van der Waals surface area contributed by atoms with Gasteiger partial charge in [0.2, 0.25) is 5.28 Å². The van der Waals surface area contributed by atoms with Gasteiger partial charge < -0.3 is 9.68 Å². The molecular weight excluding hydrogens is 493 g/mol. The molecule has 10 heteroatoms. The van der Waals surface area contributed by atoms with Crippen molar-refractivity contribution in [1.82, 2.24) is 19.9 Å². The van der Waals surface area contributed by atoms with Gasteiger partial charge in [0.15, 0.2) is 5.82 Å². The van der Waals surface area contributed by atoms with Gasteiger partial charge in [0, 0.05) is 38.4 Å². The zero-order valence-corrected chi connectivity index (χ0v) is 21.4. The fraction of sp³-hybridized carbons (Fsp3) is 0.167. The highest BCUT2D eigenvalue weighted by Crippen LogP contribution is 2.18. The topological polar surface area (TPSA) is 81.0 Å². The van der Waals surface area contributed by atoms with Crippen molar-refractivity contribution in [3.05, 3.63) is 98.8 Å². The molecule has 0 aliphatic heterocycles. The SMILES string of the molecule is Cc1cc(C)nc(-c2ccc(Cl)cc2)n1.Cc1cc(C)nc(Cl)n1.O[B]Oc1ccc(Cl)cc1. The lowest BCUT2D eigenvalue weighted by atomic mass is 10.2. The maximum Gasteiger partial charge on any atom is 0.569 e. The van der Waals surface area contributed by atoms with Crippen LogP contribution in [0.4, 0.5) is 0 Å². The lowest BCUT2D eigenvalue weighted by Gasteiger charge is -2.03. The van der Waals surface area contributed by atoms with Crippen LogP contribution in [-0.4, -0.2) is 32.6 Å². The molecule has 2 heterocycles. The van der Waals surface area contributed by atoms with Crippen molar-refractivity contribution in [3.8, 4) is 17.1 Å². The molecule has 0 amide bonds. The summed E-state index contributed by atoms with van der Waals surface area (Å²) < 4.78 is 4.63. The van der Waals surface area contributed by atoms with E-state index in [0.717, 1.165) is 39.2 Å². The maximum absolute atomic E-state index is 8.21. The molecule has 0 unspecified atom stereocenters. The van der Waals surface area contributed by atoms with Gasteiger partial charge in [-0.25, -0.2) is 19.9 Å². The van der Waals surface area contributed by atoms with Crippen molar-refractivity contribution in [1.29, 1.82) is 0 Å². The van der Waals surface area contributed by atoms with Crippen LogP contribution in [0.5, 0.6) is 5.75 Å². The number of halogens is 3. The zero-order valence-electron chi connectivity index (χ0n) is 19.1.